The van der Waals surface area contributed by atoms with E-state index in [0.29, 0.717) is 5.56 Å². The monoisotopic (exact) mass is 321 g/mol. The van der Waals surface area contributed by atoms with Gasteiger partial charge in [-0.3, -0.25) is 0 Å². The Labute approximate surface area is 143 Å². The first kappa shape index (κ1) is 16.3. The summed E-state index contributed by atoms with van der Waals surface area (Å²) in [6, 6.07) is 13.6. The molecule has 0 aliphatic carbocycles. The van der Waals surface area contributed by atoms with Crippen molar-refractivity contribution in [3.05, 3.63) is 64.7 Å². The lowest BCUT2D eigenvalue weighted by molar-refractivity contribution is 0.0697. The van der Waals surface area contributed by atoms with E-state index in [1.165, 1.54) is 22.4 Å². The first-order valence-electron chi connectivity index (χ1n) is 8.27. The minimum atomic E-state index is -0.897. The molecule has 3 heteroatoms. The van der Waals surface area contributed by atoms with E-state index in [1.54, 1.807) is 12.1 Å². The van der Waals surface area contributed by atoms with Gasteiger partial charge in [-0.1, -0.05) is 38.1 Å². The summed E-state index contributed by atoms with van der Waals surface area (Å²) in [7, 11) is 0. The van der Waals surface area contributed by atoms with Gasteiger partial charge in [-0.05, 0) is 65.3 Å². The number of fused-ring (bicyclic) bond motifs is 1. The number of carboxylic acid groups (broad SMARTS) is 1. The van der Waals surface area contributed by atoms with Gasteiger partial charge in [0.05, 0.1) is 5.56 Å². The van der Waals surface area contributed by atoms with Crippen molar-refractivity contribution in [3.63, 3.8) is 0 Å². The standard InChI is InChI=1S/C21H23NO2/c1-14(12-15-4-6-16(7-5-15)20(23)24)17-8-9-19-18(13-17)21(2,3)10-11-22-19/h4-9,12-13,22H,10-11H2,1-3H3,(H,23,24)/b14-12+. The van der Waals surface area contributed by atoms with E-state index in [0.717, 1.165) is 18.5 Å². The van der Waals surface area contributed by atoms with E-state index >= 15 is 0 Å². The number of carbonyl (C=O) groups is 1. The van der Waals surface area contributed by atoms with Gasteiger partial charge in [0, 0.05) is 12.2 Å². The summed E-state index contributed by atoms with van der Waals surface area (Å²) >= 11 is 0. The molecule has 1 heterocycles. The molecule has 3 nitrogen and oxygen atoms in total. The molecule has 0 saturated heterocycles. The maximum atomic E-state index is 10.9. The SMILES string of the molecule is C/C(=C\c1ccc(C(=O)O)cc1)c1ccc2c(c1)C(C)(C)CCN2. The van der Waals surface area contributed by atoms with E-state index < -0.39 is 5.97 Å². The Morgan fingerprint density at radius 2 is 1.79 bits per heavy atom. The van der Waals surface area contributed by atoms with Gasteiger partial charge in [0.2, 0.25) is 0 Å². The second-order valence-corrected chi connectivity index (χ2v) is 7.08. The van der Waals surface area contributed by atoms with Crippen molar-refractivity contribution >= 4 is 23.3 Å². The molecule has 1 aliphatic rings. The first-order chi connectivity index (χ1) is 11.4. The zero-order chi connectivity index (χ0) is 17.3. The normalized spacial score (nSPS) is 16.2. The van der Waals surface area contributed by atoms with Gasteiger partial charge in [-0.15, -0.1) is 0 Å². The minimum Gasteiger partial charge on any atom is -0.478 e. The summed E-state index contributed by atoms with van der Waals surface area (Å²) in [5.41, 5.74) is 6.46. The van der Waals surface area contributed by atoms with Gasteiger partial charge in [0.25, 0.3) is 0 Å². The molecule has 0 radical (unpaired) electrons. The summed E-state index contributed by atoms with van der Waals surface area (Å²) in [6.45, 7) is 7.69. The van der Waals surface area contributed by atoms with Crippen LogP contribution in [0.1, 0.15) is 54.2 Å². The van der Waals surface area contributed by atoms with Crippen molar-refractivity contribution in [2.24, 2.45) is 0 Å². The van der Waals surface area contributed by atoms with Crippen molar-refractivity contribution in [2.45, 2.75) is 32.6 Å². The first-order valence-corrected chi connectivity index (χ1v) is 8.27. The predicted octanol–water partition coefficient (Wildman–Crippen LogP) is 5.04. The minimum absolute atomic E-state index is 0.181. The third-order valence-electron chi connectivity index (χ3n) is 4.81. The Morgan fingerprint density at radius 3 is 2.46 bits per heavy atom. The molecular weight excluding hydrogens is 298 g/mol. The Kier molecular flexibility index (Phi) is 4.18. The van der Waals surface area contributed by atoms with Crippen LogP contribution in [0, 0.1) is 0 Å². The molecule has 0 aromatic heterocycles. The zero-order valence-corrected chi connectivity index (χ0v) is 14.4. The topological polar surface area (TPSA) is 49.3 Å². The third-order valence-corrected chi connectivity index (χ3v) is 4.81. The number of aromatic carboxylic acids is 1. The van der Waals surface area contributed by atoms with Gasteiger partial charge in [-0.25, -0.2) is 4.79 Å². The van der Waals surface area contributed by atoms with E-state index in [4.69, 9.17) is 5.11 Å². The third kappa shape index (κ3) is 3.21. The number of benzene rings is 2. The molecule has 0 fully saturated rings. The highest BCUT2D eigenvalue weighted by Crippen LogP contribution is 2.38. The molecule has 2 aromatic carbocycles. The second-order valence-electron chi connectivity index (χ2n) is 7.08. The molecule has 1 aliphatic heterocycles. The largest absolute Gasteiger partial charge is 0.478 e. The maximum Gasteiger partial charge on any atom is 0.335 e. The van der Waals surface area contributed by atoms with Crippen LogP contribution < -0.4 is 5.32 Å². The van der Waals surface area contributed by atoms with Crippen LogP contribution in [0.2, 0.25) is 0 Å². The highest BCUT2D eigenvalue weighted by Gasteiger charge is 2.27. The molecule has 24 heavy (non-hydrogen) atoms. The van der Waals surface area contributed by atoms with Crippen LogP contribution in [-0.2, 0) is 5.41 Å². The molecule has 124 valence electrons. The molecular formula is C21H23NO2. The van der Waals surface area contributed by atoms with Crippen LogP contribution in [0.25, 0.3) is 11.6 Å². The summed E-state index contributed by atoms with van der Waals surface area (Å²) in [5.74, 6) is -0.897. The van der Waals surface area contributed by atoms with Crippen molar-refractivity contribution in [1.29, 1.82) is 0 Å². The van der Waals surface area contributed by atoms with Crippen molar-refractivity contribution in [2.75, 3.05) is 11.9 Å². The summed E-state index contributed by atoms with van der Waals surface area (Å²) in [4.78, 5) is 10.9. The summed E-state index contributed by atoms with van der Waals surface area (Å²) in [5, 5.41) is 12.5. The highest BCUT2D eigenvalue weighted by molar-refractivity contribution is 5.88. The van der Waals surface area contributed by atoms with Crippen molar-refractivity contribution in [3.8, 4) is 0 Å². The fraction of sp³-hybridized carbons (Fsp3) is 0.286. The van der Waals surface area contributed by atoms with Crippen LogP contribution >= 0.6 is 0 Å². The lowest BCUT2D eigenvalue weighted by Crippen LogP contribution is -2.28. The van der Waals surface area contributed by atoms with Gasteiger partial charge in [0.15, 0.2) is 0 Å². The lowest BCUT2D eigenvalue weighted by atomic mass is 9.77. The second kappa shape index (κ2) is 6.16. The zero-order valence-electron chi connectivity index (χ0n) is 14.4. The number of hydrogen-bond acceptors (Lipinski definition) is 2. The Bertz CT molecular complexity index is 801. The maximum absolute atomic E-state index is 10.9. The quantitative estimate of drug-likeness (QED) is 0.779. The number of nitrogens with one attached hydrogen (secondary N) is 1. The highest BCUT2D eigenvalue weighted by atomic mass is 16.4. The van der Waals surface area contributed by atoms with E-state index in [1.807, 2.05) is 12.1 Å². The molecule has 3 rings (SSSR count). The average molecular weight is 321 g/mol. The number of anilines is 1. The predicted molar refractivity (Wildman–Crippen MR) is 99.5 cm³/mol. The summed E-state index contributed by atoms with van der Waals surface area (Å²) in [6.07, 6.45) is 3.22. The number of carboxylic acids is 1. The fourth-order valence-corrected chi connectivity index (χ4v) is 3.20. The van der Waals surface area contributed by atoms with Crippen molar-refractivity contribution < 1.29 is 9.90 Å². The number of rotatable bonds is 3. The molecule has 0 bridgehead atoms. The molecule has 2 aromatic rings. The van der Waals surface area contributed by atoms with Crippen LogP contribution in [-0.4, -0.2) is 17.6 Å². The van der Waals surface area contributed by atoms with E-state index in [2.05, 4.69) is 50.4 Å². The van der Waals surface area contributed by atoms with E-state index in [-0.39, 0.29) is 5.41 Å². The van der Waals surface area contributed by atoms with Crippen LogP contribution in [0.4, 0.5) is 5.69 Å². The summed E-state index contributed by atoms with van der Waals surface area (Å²) < 4.78 is 0. The smallest absolute Gasteiger partial charge is 0.335 e. The average Bonchev–Trinajstić information content (AvgIpc) is 2.55. The van der Waals surface area contributed by atoms with Crippen molar-refractivity contribution in [1.82, 2.24) is 0 Å². The molecule has 0 amide bonds. The van der Waals surface area contributed by atoms with Gasteiger partial charge in [-0.2, -0.15) is 0 Å². The van der Waals surface area contributed by atoms with Crippen LogP contribution in [0.5, 0.6) is 0 Å². The fourth-order valence-electron chi connectivity index (χ4n) is 3.20. The molecule has 0 spiro atoms. The molecule has 0 unspecified atom stereocenters. The Balaban J connectivity index is 1.92. The number of hydrogen-bond donors (Lipinski definition) is 2. The van der Waals surface area contributed by atoms with Crippen LogP contribution in [0.15, 0.2) is 42.5 Å². The lowest BCUT2D eigenvalue weighted by Gasteiger charge is -2.33. The van der Waals surface area contributed by atoms with Gasteiger partial charge in [0.1, 0.15) is 0 Å². The molecule has 0 saturated carbocycles. The Hall–Kier alpha value is -2.55. The van der Waals surface area contributed by atoms with Gasteiger partial charge >= 0.3 is 5.97 Å². The Morgan fingerprint density at radius 1 is 1.12 bits per heavy atom. The van der Waals surface area contributed by atoms with Gasteiger partial charge < -0.3 is 10.4 Å². The number of allylic oxidation sites excluding steroid dienone is 1. The molecule has 2 N–H and O–H groups in total. The van der Waals surface area contributed by atoms with Crippen LogP contribution in [0.3, 0.4) is 0 Å². The van der Waals surface area contributed by atoms with E-state index in [9.17, 15) is 4.79 Å². The molecule has 0 atom stereocenters.